The van der Waals surface area contributed by atoms with Crippen molar-refractivity contribution < 1.29 is 27.7 Å². The van der Waals surface area contributed by atoms with Gasteiger partial charge in [-0.05, 0) is 25.0 Å². The Morgan fingerprint density at radius 2 is 1.67 bits per heavy atom. The molecule has 3 amide bonds. The number of nitrogens with one attached hydrogen (secondary N) is 2. The smallest absolute Gasteiger partial charge is 0.323 e. The molecule has 27 heavy (non-hydrogen) atoms. The van der Waals surface area contributed by atoms with Crippen molar-refractivity contribution in [2.45, 2.75) is 56.8 Å². The number of rotatable bonds is 4. The molecule has 8 heteroatoms. The number of hydrogen-bond donors (Lipinski definition) is 2. The fourth-order valence-electron chi connectivity index (χ4n) is 3.98. The van der Waals surface area contributed by atoms with E-state index in [1.54, 1.807) is 0 Å². The Morgan fingerprint density at radius 3 is 2.22 bits per heavy atom. The number of amides is 3. The van der Waals surface area contributed by atoms with Gasteiger partial charge in [0.2, 0.25) is 0 Å². The maximum Gasteiger partial charge on any atom is 0.416 e. The third-order valence-corrected chi connectivity index (χ3v) is 5.42. The van der Waals surface area contributed by atoms with E-state index in [1.165, 1.54) is 17.0 Å². The molecule has 1 aromatic rings. The molecular weight excluding hydrogens is 359 g/mol. The third-order valence-electron chi connectivity index (χ3n) is 5.42. The maximum atomic E-state index is 12.9. The Balaban J connectivity index is 1.62. The van der Waals surface area contributed by atoms with Crippen LogP contribution in [0, 0.1) is 0 Å². The summed E-state index contributed by atoms with van der Waals surface area (Å²) < 4.78 is 37.9. The Morgan fingerprint density at radius 1 is 1.07 bits per heavy atom. The fraction of sp³-hybridized carbons (Fsp3) is 0.579. The molecule has 1 saturated carbocycles. The van der Waals surface area contributed by atoms with Crippen molar-refractivity contribution in [3.63, 3.8) is 0 Å². The summed E-state index contributed by atoms with van der Waals surface area (Å²) in [5.41, 5.74) is -0.729. The standard InChI is InChI=1S/C19H24F3N3O2/c1-24(12-14-6-8-15(9-7-14)19(20,21)22)13-25-16(26)18(23-17(25)27)10-4-2-3-5-11-18/h6-9H,2-5,10-13H2,1H3,(H,23,27)/p+1. The van der Waals surface area contributed by atoms with Gasteiger partial charge in [0, 0.05) is 5.56 Å². The number of hydrogen-bond acceptors (Lipinski definition) is 2. The number of quaternary nitrogens is 1. The Hall–Kier alpha value is -2.09. The molecule has 148 valence electrons. The van der Waals surface area contributed by atoms with Crippen LogP contribution in [-0.2, 0) is 17.5 Å². The molecule has 3 rings (SSSR count). The van der Waals surface area contributed by atoms with E-state index in [-0.39, 0.29) is 18.6 Å². The number of carbonyl (C=O) groups is 2. The topological polar surface area (TPSA) is 53.9 Å². The molecule has 2 aliphatic rings. The molecule has 1 heterocycles. The number of carbonyl (C=O) groups excluding carboxylic acids is 2. The van der Waals surface area contributed by atoms with Gasteiger partial charge in [-0.2, -0.15) is 13.2 Å². The van der Waals surface area contributed by atoms with Gasteiger partial charge >= 0.3 is 12.2 Å². The van der Waals surface area contributed by atoms with Crippen LogP contribution in [0.5, 0.6) is 0 Å². The lowest BCUT2D eigenvalue weighted by Gasteiger charge is -2.25. The van der Waals surface area contributed by atoms with Gasteiger partial charge in [0.05, 0.1) is 12.6 Å². The first-order valence-corrected chi connectivity index (χ1v) is 9.33. The second-order valence-electron chi connectivity index (χ2n) is 7.65. The van der Waals surface area contributed by atoms with E-state index in [4.69, 9.17) is 0 Å². The molecule has 1 aromatic carbocycles. The maximum absolute atomic E-state index is 12.9. The van der Waals surface area contributed by atoms with Gasteiger partial charge in [-0.15, -0.1) is 0 Å². The summed E-state index contributed by atoms with van der Waals surface area (Å²) in [4.78, 5) is 27.4. The van der Waals surface area contributed by atoms with E-state index in [2.05, 4.69) is 5.32 Å². The highest BCUT2D eigenvalue weighted by Gasteiger charge is 2.51. The number of nitrogens with zero attached hydrogens (tertiary/aromatic N) is 1. The van der Waals surface area contributed by atoms with E-state index < -0.39 is 17.3 Å². The molecule has 1 aliphatic carbocycles. The van der Waals surface area contributed by atoms with E-state index in [1.807, 2.05) is 7.05 Å². The summed E-state index contributed by atoms with van der Waals surface area (Å²) in [5, 5.41) is 2.90. The molecule has 0 bridgehead atoms. The predicted molar refractivity (Wildman–Crippen MR) is 92.7 cm³/mol. The number of urea groups is 1. The lowest BCUT2D eigenvalue weighted by atomic mass is 9.90. The molecule has 0 aromatic heterocycles. The zero-order valence-electron chi connectivity index (χ0n) is 15.4. The highest BCUT2D eigenvalue weighted by atomic mass is 19.4. The number of benzene rings is 1. The van der Waals surface area contributed by atoms with Crippen molar-refractivity contribution in [1.29, 1.82) is 0 Å². The predicted octanol–water partition coefficient (Wildman–Crippen LogP) is 2.32. The molecule has 1 saturated heterocycles. The molecule has 0 radical (unpaired) electrons. The van der Waals surface area contributed by atoms with Crippen LogP contribution in [-0.4, -0.2) is 36.1 Å². The van der Waals surface area contributed by atoms with Crippen LogP contribution in [0.15, 0.2) is 24.3 Å². The van der Waals surface area contributed by atoms with Crippen LogP contribution in [0.4, 0.5) is 18.0 Å². The average molecular weight is 384 g/mol. The molecule has 1 aliphatic heterocycles. The van der Waals surface area contributed by atoms with E-state index in [9.17, 15) is 22.8 Å². The average Bonchev–Trinajstić information content (AvgIpc) is 2.77. The minimum absolute atomic E-state index is 0.166. The van der Waals surface area contributed by atoms with Gasteiger partial charge < -0.3 is 10.2 Å². The molecule has 2 fully saturated rings. The number of imide groups is 1. The zero-order chi connectivity index (χ0) is 19.7. The van der Waals surface area contributed by atoms with Gasteiger partial charge in [-0.25, -0.2) is 9.69 Å². The van der Waals surface area contributed by atoms with Crippen molar-refractivity contribution in [2.75, 3.05) is 13.7 Å². The van der Waals surface area contributed by atoms with Gasteiger partial charge in [0.25, 0.3) is 5.91 Å². The lowest BCUT2D eigenvalue weighted by molar-refractivity contribution is -0.901. The first-order chi connectivity index (χ1) is 12.7. The van der Waals surface area contributed by atoms with Crippen LogP contribution in [0.2, 0.25) is 0 Å². The van der Waals surface area contributed by atoms with Crippen molar-refractivity contribution in [1.82, 2.24) is 10.2 Å². The zero-order valence-corrected chi connectivity index (χ0v) is 15.4. The largest absolute Gasteiger partial charge is 0.416 e. The summed E-state index contributed by atoms with van der Waals surface area (Å²) in [5.74, 6) is -0.166. The Kier molecular flexibility index (Phi) is 5.46. The minimum atomic E-state index is -4.36. The normalized spacial score (nSPS) is 21.3. The van der Waals surface area contributed by atoms with Crippen molar-refractivity contribution >= 4 is 11.9 Å². The number of alkyl halides is 3. The molecule has 1 spiro atoms. The van der Waals surface area contributed by atoms with Gasteiger partial charge in [0.1, 0.15) is 12.1 Å². The van der Waals surface area contributed by atoms with E-state index in [0.29, 0.717) is 19.4 Å². The SMILES string of the molecule is C[NH+](Cc1ccc(C(F)(F)F)cc1)CN1C(=O)NC2(CCCCCC2)C1=O. The van der Waals surface area contributed by atoms with Crippen molar-refractivity contribution in [3.8, 4) is 0 Å². The van der Waals surface area contributed by atoms with Crippen LogP contribution >= 0.6 is 0 Å². The minimum Gasteiger partial charge on any atom is -0.323 e. The summed E-state index contributed by atoms with van der Waals surface area (Å²) in [6, 6.07) is 4.61. The van der Waals surface area contributed by atoms with Gasteiger partial charge in [-0.1, -0.05) is 37.8 Å². The van der Waals surface area contributed by atoms with Gasteiger partial charge in [0.15, 0.2) is 6.67 Å². The van der Waals surface area contributed by atoms with Gasteiger partial charge in [-0.3, -0.25) is 4.79 Å². The quantitative estimate of drug-likeness (QED) is 0.783. The van der Waals surface area contributed by atoms with E-state index in [0.717, 1.165) is 48.3 Å². The Labute approximate surface area is 156 Å². The summed E-state index contributed by atoms with van der Waals surface area (Å²) >= 11 is 0. The second kappa shape index (κ2) is 7.50. The first kappa shape index (κ1) is 19.7. The van der Waals surface area contributed by atoms with Crippen LogP contribution in [0.25, 0.3) is 0 Å². The van der Waals surface area contributed by atoms with Crippen molar-refractivity contribution in [2.24, 2.45) is 0 Å². The fourth-order valence-corrected chi connectivity index (χ4v) is 3.98. The Bertz CT molecular complexity index is 695. The molecule has 5 nitrogen and oxygen atoms in total. The lowest BCUT2D eigenvalue weighted by Crippen LogP contribution is -3.09. The second-order valence-corrected chi connectivity index (χ2v) is 7.65. The highest BCUT2D eigenvalue weighted by Crippen LogP contribution is 2.32. The number of halogens is 3. The summed E-state index contributed by atoms with van der Waals surface area (Å²) in [7, 11) is 1.82. The van der Waals surface area contributed by atoms with Crippen LogP contribution in [0.3, 0.4) is 0 Å². The highest BCUT2D eigenvalue weighted by molar-refractivity contribution is 6.06. The molecule has 2 N–H and O–H groups in total. The summed E-state index contributed by atoms with van der Waals surface area (Å²) in [6.07, 6.45) is 0.985. The monoisotopic (exact) mass is 384 g/mol. The van der Waals surface area contributed by atoms with E-state index >= 15 is 0 Å². The van der Waals surface area contributed by atoms with Crippen LogP contribution < -0.4 is 10.2 Å². The first-order valence-electron chi connectivity index (χ1n) is 9.33. The third kappa shape index (κ3) is 4.26. The molecule has 1 unspecified atom stereocenters. The van der Waals surface area contributed by atoms with Crippen molar-refractivity contribution in [3.05, 3.63) is 35.4 Å². The van der Waals surface area contributed by atoms with Crippen LogP contribution in [0.1, 0.15) is 49.7 Å². The molecular formula is C19H25F3N3O2+. The summed E-state index contributed by atoms with van der Waals surface area (Å²) in [6.45, 7) is 0.607. The molecule has 1 atom stereocenters.